The zero-order valence-electron chi connectivity index (χ0n) is 11.6. The lowest BCUT2D eigenvalue weighted by Crippen LogP contribution is -2.42. The fraction of sp³-hybridized carbons (Fsp3) is 0.467. The summed E-state index contributed by atoms with van der Waals surface area (Å²) in [5, 5.41) is 18.5. The number of rotatable bonds is 4. The Kier molecular flexibility index (Phi) is 4.89. The Bertz CT molecular complexity index is 563. The van der Waals surface area contributed by atoms with E-state index in [2.05, 4.69) is 4.90 Å². The van der Waals surface area contributed by atoms with Crippen LogP contribution in [0.4, 0.5) is 4.39 Å². The van der Waals surface area contributed by atoms with Crippen molar-refractivity contribution in [3.63, 3.8) is 0 Å². The minimum Gasteiger partial charge on any atom is -0.383 e. The van der Waals surface area contributed by atoms with Crippen molar-refractivity contribution in [3.05, 3.63) is 35.1 Å². The van der Waals surface area contributed by atoms with E-state index in [-0.39, 0.29) is 11.5 Å². The molecule has 0 radical (unpaired) electrons. The Balaban J connectivity index is 1.92. The summed E-state index contributed by atoms with van der Waals surface area (Å²) in [6.07, 6.45) is 0.301. The van der Waals surface area contributed by atoms with Gasteiger partial charge in [0.25, 0.3) is 0 Å². The van der Waals surface area contributed by atoms with Crippen molar-refractivity contribution >= 4 is 5.91 Å². The summed E-state index contributed by atoms with van der Waals surface area (Å²) in [5.74, 6) is -1.28. The van der Waals surface area contributed by atoms with Crippen molar-refractivity contribution in [2.45, 2.75) is 25.5 Å². The normalized spacial score (nSPS) is 18.1. The quantitative estimate of drug-likeness (QED) is 0.856. The van der Waals surface area contributed by atoms with E-state index in [1.165, 1.54) is 6.07 Å². The number of benzene rings is 1. The third-order valence-electron chi connectivity index (χ3n) is 3.93. The number of nitrogens with zero attached hydrogens (tertiary/aromatic N) is 2. The van der Waals surface area contributed by atoms with Gasteiger partial charge in [-0.1, -0.05) is 6.07 Å². The number of halogens is 1. The van der Waals surface area contributed by atoms with Crippen molar-refractivity contribution in [2.75, 3.05) is 13.1 Å². The van der Waals surface area contributed by atoms with Gasteiger partial charge < -0.3 is 10.8 Å². The number of nitriles is 1. The smallest absolute Gasteiger partial charge is 0.246 e. The summed E-state index contributed by atoms with van der Waals surface area (Å²) in [6, 6.07) is 6.35. The van der Waals surface area contributed by atoms with Crippen LogP contribution in [-0.4, -0.2) is 35.1 Å². The Morgan fingerprint density at radius 2 is 2.19 bits per heavy atom. The third-order valence-corrected chi connectivity index (χ3v) is 3.93. The number of hydrogen-bond donors (Lipinski definition) is 2. The van der Waals surface area contributed by atoms with E-state index in [9.17, 15) is 14.3 Å². The second-order valence-corrected chi connectivity index (χ2v) is 5.39. The van der Waals surface area contributed by atoms with Crippen molar-refractivity contribution in [1.82, 2.24) is 4.90 Å². The van der Waals surface area contributed by atoms with E-state index >= 15 is 0 Å². The van der Waals surface area contributed by atoms with Crippen LogP contribution in [0.5, 0.6) is 0 Å². The molecule has 5 nitrogen and oxygen atoms in total. The van der Waals surface area contributed by atoms with Crippen LogP contribution in [0.15, 0.2) is 18.2 Å². The van der Waals surface area contributed by atoms with Crippen LogP contribution >= 0.6 is 0 Å². The van der Waals surface area contributed by atoms with E-state index in [1.807, 2.05) is 6.07 Å². The lowest BCUT2D eigenvalue weighted by molar-refractivity contribution is -0.129. The summed E-state index contributed by atoms with van der Waals surface area (Å²) in [5.41, 5.74) is 6.03. The predicted octanol–water partition coefficient (Wildman–Crippen LogP) is 0.756. The van der Waals surface area contributed by atoms with E-state index in [0.717, 1.165) is 18.7 Å². The molecule has 1 heterocycles. The van der Waals surface area contributed by atoms with Crippen molar-refractivity contribution in [2.24, 2.45) is 11.7 Å². The van der Waals surface area contributed by atoms with Crippen LogP contribution in [0.1, 0.15) is 24.0 Å². The van der Waals surface area contributed by atoms with Gasteiger partial charge in [0.05, 0.1) is 5.56 Å². The maximum atomic E-state index is 13.3. The molecule has 21 heavy (non-hydrogen) atoms. The fourth-order valence-corrected chi connectivity index (χ4v) is 2.67. The first-order chi connectivity index (χ1) is 10.0. The first-order valence-corrected chi connectivity index (χ1v) is 6.89. The number of carbonyl (C=O) groups excluding carboxylic acids is 1. The average Bonchev–Trinajstić information content (AvgIpc) is 2.49. The highest BCUT2D eigenvalue weighted by Crippen LogP contribution is 2.22. The van der Waals surface area contributed by atoms with Gasteiger partial charge in [-0.15, -0.1) is 0 Å². The first-order valence-electron chi connectivity index (χ1n) is 6.89. The van der Waals surface area contributed by atoms with Gasteiger partial charge in [-0.25, -0.2) is 4.39 Å². The molecule has 1 aliphatic heterocycles. The Labute approximate surface area is 122 Å². The molecule has 1 saturated heterocycles. The lowest BCUT2D eigenvalue weighted by Gasteiger charge is -2.33. The maximum Gasteiger partial charge on any atom is 0.246 e. The molecule has 1 aliphatic rings. The number of primary amides is 1. The first kappa shape index (κ1) is 15.4. The third kappa shape index (κ3) is 3.78. The van der Waals surface area contributed by atoms with Gasteiger partial charge >= 0.3 is 0 Å². The molecule has 2 rings (SSSR count). The number of piperidine rings is 1. The van der Waals surface area contributed by atoms with Crippen LogP contribution in [0.3, 0.4) is 0 Å². The molecular weight excluding hydrogens is 273 g/mol. The van der Waals surface area contributed by atoms with E-state index < -0.39 is 17.8 Å². The summed E-state index contributed by atoms with van der Waals surface area (Å²) < 4.78 is 13.3. The number of amides is 1. The standard InChI is InChI=1S/C15H18FN3O2/c16-13-2-1-10(7-12(13)8-17)9-19-5-3-11(4-6-19)14(20)15(18)21/h1-2,7,11,14,20H,3-6,9H2,(H2,18,21)/t14-/m1/s1. The number of likely N-dealkylation sites (tertiary alicyclic amines) is 1. The molecule has 112 valence electrons. The zero-order chi connectivity index (χ0) is 15.4. The Morgan fingerprint density at radius 1 is 1.52 bits per heavy atom. The number of aliphatic hydroxyl groups is 1. The topological polar surface area (TPSA) is 90.3 Å². The minimum absolute atomic E-state index is 0.0477. The molecule has 1 fully saturated rings. The Morgan fingerprint density at radius 3 is 2.76 bits per heavy atom. The van der Waals surface area contributed by atoms with E-state index in [1.54, 1.807) is 12.1 Å². The minimum atomic E-state index is -1.08. The molecular formula is C15H18FN3O2. The number of carbonyl (C=O) groups is 1. The molecule has 0 unspecified atom stereocenters. The van der Waals surface area contributed by atoms with Crippen LogP contribution in [0.25, 0.3) is 0 Å². The molecule has 0 aromatic heterocycles. The number of hydrogen-bond acceptors (Lipinski definition) is 4. The van der Waals surface area contributed by atoms with Crippen LogP contribution in [-0.2, 0) is 11.3 Å². The molecule has 1 aromatic carbocycles. The molecule has 1 amide bonds. The van der Waals surface area contributed by atoms with E-state index in [0.29, 0.717) is 19.4 Å². The van der Waals surface area contributed by atoms with Crippen molar-refractivity contribution in [3.8, 4) is 6.07 Å². The monoisotopic (exact) mass is 291 g/mol. The Hall–Kier alpha value is -1.97. The van der Waals surface area contributed by atoms with Gasteiger partial charge in [-0.3, -0.25) is 9.69 Å². The maximum absolute atomic E-state index is 13.3. The van der Waals surface area contributed by atoms with Gasteiger partial charge in [0, 0.05) is 6.54 Å². The van der Waals surface area contributed by atoms with Crippen molar-refractivity contribution in [1.29, 1.82) is 5.26 Å². The molecule has 6 heteroatoms. The van der Waals surface area contributed by atoms with Crippen LogP contribution < -0.4 is 5.73 Å². The molecule has 1 aromatic rings. The van der Waals surface area contributed by atoms with Gasteiger partial charge in [-0.05, 0) is 49.5 Å². The number of aliphatic hydroxyl groups excluding tert-OH is 1. The van der Waals surface area contributed by atoms with Crippen molar-refractivity contribution < 1.29 is 14.3 Å². The number of nitrogens with two attached hydrogens (primary N) is 1. The fourth-order valence-electron chi connectivity index (χ4n) is 2.67. The molecule has 3 N–H and O–H groups in total. The van der Waals surface area contributed by atoms with Crippen LogP contribution in [0.2, 0.25) is 0 Å². The summed E-state index contributed by atoms with van der Waals surface area (Å²) in [6.45, 7) is 2.08. The lowest BCUT2D eigenvalue weighted by atomic mass is 9.90. The molecule has 0 aliphatic carbocycles. The molecule has 0 bridgehead atoms. The summed E-state index contributed by atoms with van der Waals surface area (Å²) >= 11 is 0. The second-order valence-electron chi connectivity index (χ2n) is 5.39. The molecule has 1 atom stereocenters. The van der Waals surface area contributed by atoms with Crippen LogP contribution in [0, 0.1) is 23.1 Å². The highest BCUT2D eigenvalue weighted by atomic mass is 19.1. The summed E-state index contributed by atoms with van der Waals surface area (Å²) in [7, 11) is 0. The van der Waals surface area contributed by atoms with Gasteiger partial charge in [-0.2, -0.15) is 5.26 Å². The molecule has 0 saturated carbocycles. The largest absolute Gasteiger partial charge is 0.383 e. The van der Waals surface area contributed by atoms with Gasteiger partial charge in [0.1, 0.15) is 18.0 Å². The zero-order valence-corrected chi connectivity index (χ0v) is 11.6. The highest BCUT2D eigenvalue weighted by Gasteiger charge is 2.28. The van der Waals surface area contributed by atoms with E-state index in [4.69, 9.17) is 11.0 Å². The van der Waals surface area contributed by atoms with Gasteiger partial charge in [0.15, 0.2) is 0 Å². The second kappa shape index (κ2) is 6.66. The van der Waals surface area contributed by atoms with Gasteiger partial charge in [0.2, 0.25) is 5.91 Å². The average molecular weight is 291 g/mol. The highest BCUT2D eigenvalue weighted by molar-refractivity contribution is 5.78. The SMILES string of the molecule is N#Cc1cc(CN2CCC([C@@H](O)C(N)=O)CC2)ccc1F. The molecule has 0 spiro atoms. The predicted molar refractivity (Wildman–Crippen MR) is 74.3 cm³/mol. The summed E-state index contributed by atoms with van der Waals surface area (Å²) in [4.78, 5) is 13.1.